The van der Waals surface area contributed by atoms with Crippen molar-refractivity contribution in [3.63, 3.8) is 0 Å². The molecule has 0 aliphatic rings. The van der Waals surface area contributed by atoms with Crippen LogP contribution in [0.1, 0.15) is 13.8 Å². The van der Waals surface area contributed by atoms with E-state index < -0.39 is 0 Å². The minimum absolute atomic E-state index is 0. The van der Waals surface area contributed by atoms with Crippen molar-refractivity contribution in [2.24, 2.45) is 0 Å². The van der Waals surface area contributed by atoms with E-state index in [1.807, 2.05) is 13.8 Å². The third-order valence-electron chi connectivity index (χ3n) is 0.408. The van der Waals surface area contributed by atoms with Gasteiger partial charge in [-0.2, -0.15) is 0 Å². The zero-order valence-corrected chi connectivity index (χ0v) is 7.48. The molecular formula is C4H10OTa. The molecule has 2 heteroatoms. The predicted molar refractivity (Wildman–Crippen MR) is 22.2 cm³/mol. The first-order valence-electron chi connectivity index (χ1n) is 1.99. The van der Waals surface area contributed by atoms with E-state index in [0.717, 1.165) is 13.2 Å². The van der Waals surface area contributed by atoms with E-state index in [-0.39, 0.29) is 22.4 Å². The van der Waals surface area contributed by atoms with Crippen LogP contribution in [0.5, 0.6) is 0 Å². The molecule has 0 aliphatic heterocycles. The summed E-state index contributed by atoms with van der Waals surface area (Å²) in [6.45, 7) is 5.67. The second-order valence-electron chi connectivity index (χ2n) is 0.781. The molecule has 0 aromatic heterocycles. The Bertz CT molecular complexity index is 15.0. The van der Waals surface area contributed by atoms with Gasteiger partial charge in [0.25, 0.3) is 0 Å². The summed E-state index contributed by atoms with van der Waals surface area (Å²) < 4.78 is 4.83. The Balaban J connectivity index is 0. The summed E-state index contributed by atoms with van der Waals surface area (Å²) in [5.41, 5.74) is 0. The number of ether oxygens (including phenoxy) is 1. The molecule has 0 saturated heterocycles. The topological polar surface area (TPSA) is 9.23 Å². The largest absolute Gasteiger partial charge is 0.382 e. The van der Waals surface area contributed by atoms with Crippen LogP contribution < -0.4 is 0 Å². The van der Waals surface area contributed by atoms with Gasteiger partial charge in [-0.15, -0.1) is 0 Å². The molecule has 0 aromatic carbocycles. The molecule has 0 N–H and O–H groups in total. The van der Waals surface area contributed by atoms with Gasteiger partial charge in [0.1, 0.15) is 0 Å². The van der Waals surface area contributed by atoms with Gasteiger partial charge in [-0.1, -0.05) is 0 Å². The summed E-state index contributed by atoms with van der Waals surface area (Å²) in [6, 6.07) is 0. The normalized spacial score (nSPS) is 7.00. The molecule has 0 unspecified atom stereocenters. The van der Waals surface area contributed by atoms with Crippen LogP contribution in [-0.2, 0) is 27.1 Å². The van der Waals surface area contributed by atoms with Gasteiger partial charge < -0.3 is 4.74 Å². The van der Waals surface area contributed by atoms with Gasteiger partial charge in [0.2, 0.25) is 0 Å². The molecule has 0 fully saturated rings. The molecule has 0 atom stereocenters. The molecule has 0 aromatic rings. The molecule has 37 valence electrons. The Hall–Kier alpha value is 0.700. The van der Waals surface area contributed by atoms with Crippen molar-refractivity contribution in [3.05, 3.63) is 0 Å². The Kier molecular flexibility index (Phi) is 15.1. The van der Waals surface area contributed by atoms with E-state index in [1.165, 1.54) is 0 Å². The average molecular weight is 255 g/mol. The molecule has 0 amide bonds. The van der Waals surface area contributed by atoms with E-state index in [2.05, 4.69) is 0 Å². The zero-order valence-electron chi connectivity index (χ0n) is 4.27. The van der Waals surface area contributed by atoms with Crippen LogP contribution in [0.15, 0.2) is 0 Å². The third-order valence-corrected chi connectivity index (χ3v) is 0.408. The Morgan fingerprint density at radius 3 is 1.50 bits per heavy atom. The van der Waals surface area contributed by atoms with E-state index >= 15 is 0 Å². The van der Waals surface area contributed by atoms with Gasteiger partial charge in [-0.25, -0.2) is 0 Å². The number of hydrogen-bond acceptors (Lipinski definition) is 1. The molecule has 0 heterocycles. The molecule has 0 aliphatic carbocycles. The molecule has 1 radical (unpaired) electrons. The van der Waals surface area contributed by atoms with E-state index in [4.69, 9.17) is 4.74 Å². The standard InChI is InChI=1S/C4H10O.Ta/c1-3-5-4-2;/h3-4H2,1-2H3;. The third kappa shape index (κ3) is 8.83. The maximum absolute atomic E-state index is 4.83. The zero-order chi connectivity index (χ0) is 4.12. The van der Waals surface area contributed by atoms with Gasteiger partial charge in [0, 0.05) is 35.6 Å². The fourth-order valence-corrected chi connectivity index (χ4v) is 0.204. The monoisotopic (exact) mass is 255 g/mol. The molecule has 1 nitrogen and oxygen atoms in total. The summed E-state index contributed by atoms with van der Waals surface area (Å²) in [6.07, 6.45) is 0. The first-order valence-corrected chi connectivity index (χ1v) is 1.99. The smallest absolute Gasteiger partial charge is 0.0437 e. The Labute approximate surface area is 54.6 Å². The Morgan fingerprint density at radius 2 is 1.50 bits per heavy atom. The minimum atomic E-state index is 0. The van der Waals surface area contributed by atoms with Crippen LogP contribution in [0, 0.1) is 0 Å². The van der Waals surface area contributed by atoms with Crippen LogP contribution in [0.25, 0.3) is 0 Å². The van der Waals surface area contributed by atoms with Gasteiger partial charge in [-0.05, 0) is 13.8 Å². The van der Waals surface area contributed by atoms with Crippen LogP contribution in [0.4, 0.5) is 0 Å². The van der Waals surface area contributed by atoms with Crippen molar-refractivity contribution < 1.29 is 27.1 Å². The van der Waals surface area contributed by atoms with Crippen LogP contribution in [0.2, 0.25) is 0 Å². The summed E-state index contributed by atoms with van der Waals surface area (Å²) >= 11 is 0. The first-order chi connectivity index (χ1) is 2.41. The maximum Gasteiger partial charge on any atom is 0.0437 e. The maximum atomic E-state index is 4.83. The summed E-state index contributed by atoms with van der Waals surface area (Å²) in [5.74, 6) is 0. The van der Waals surface area contributed by atoms with Crippen molar-refractivity contribution in [1.29, 1.82) is 0 Å². The predicted octanol–water partition coefficient (Wildman–Crippen LogP) is 1.04. The van der Waals surface area contributed by atoms with Crippen molar-refractivity contribution in [1.82, 2.24) is 0 Å². The van der Waals surface area contributed by atoms with Crippen LogP contribution in [0.3, 0.4) is 0 Å². The number of hydrogen-bond donors (Lipinski definition) is 0. The van der Waals surface area contributed by atoms with Gasteiger partial charge in [-0.3, -0.25) is 0 Å². The second kappa shape index (κ2) is 9.20. The van der Waals surface area contributed by atoms with Crippen molar-refractivity contribution in [3.8, 4) is 0 Å². The first kappa shape index (κ1) is 9.85. The SMILES string of the molecule is CCOCC.[Ta]. The average Bonchev–Trinajstić information content (AvgIpc) is 1.41. The van der Waals surface area contributed by atoms with Crippen LogP contribution >= 0.6 is 0 Å². The second-order valence-corrected chi connectivity index (χ2v) is 0.781. The minimum Gasteiger partial charge on any atom is -0.382 e. The molecular weight excluding hydrogens is 245 g/mol. The van der Waals surface area contributed by atoms with Gasteiger partial charge >= 0.3 is 0 Å². The van der Waals surface area contributed by atoms with Gasteiger partial charge in [0.05, 0.1) is 0 Å². The molecule has 6 heavy (non-hydrogen) atoms. The molecule has 0 bridgehead atoms. The van der Waals surface area contributed by atoms with E-state index in [1.54, 1.807) is 0 Å². The molecule has 0 rings (SSSR count). The van der Waals surface area contributed by atoms with Crippen LogP contribution in [-0.4, -0.2) is 13.2 Å². The summed E-state index contributed by atoms with van der Waals surface area (Å²) in [4.78, 5) is 0. The molecule has 0 spiro atoms. The fraction of sp³-hybridized carbons (Fsp3) is 1.00. The van der Waals surface area contributed by atoms with Gasteiger partial charge in [0.15, 0.2) is 0 Å². The molecule has 0 saturated carbocycles. The van der Waals surface area contributed by atoms with Crippen molar-refractivity contribution >= 4 is 0 Å². The summed E-state index contributed by atoms with van der Waals surface area (Å²) in [5, 5.41) is 0. The fourth-order valence-electron chi connectivity index (χ4n) is 0.204. The quantitative estimate of drug-likeness (QED) is 0.716. The van der Waals surface area contributed by atoms with E-state index in [0.29, 0.717) is 0 Å². The number of rotatable bonds is 2. The summed E-state index contributed by atoms with van der Waals surface area (Å²) in [7, 11) is 0. The Morgan fingerprint density at radius 1 is 1.17 bits per heavy atom. The van der Waals surface area contributed by atoms with Crippen molar-refractivity contribution in [2.45, 2.75) is 13.8 Å². The van der Waals surface area contributed by atoms with Crippen molar-refractivity contribution in [2.75, 3.05) is 13.2 Å². The van der Waals surface area contributed by atoms with E-state index in [9.17, 15) is 0 Å².